The van der Waals surface area contributed by atoms with Crippen molar-refractivity contribution < 1.29 is 19.6 Å². The van der Waals surface area contributed by atoms with Gasteiger partial charge in [-0.15, -0.1) is 0 Å². The summed E-state index contributed by atoms with van der Waals surface area (Å²) in [5, 5.41) is 19.9. The lowest BCUT2D eigenvalue weighted by molar-refractivity contribution is -0.385. The van der Waals surface area contributed by atoms with Gasteiger partial charge in [-0.25, -0.2) is 4.79 Å². The van der Waals surface area contributed by atoms with Crippen molar-refractivity contribution in [3.63, 3.8) is 0 Å². The van der Waals surface area contributed by atoms with Crippen molar-refractivity contribution in [2.45, 2.75) is 6.92 Å². The Morgan fingerprint density at radius 1 is 1.29 bits per heavy atom. The maximum absolute atomic E-state index is 11.1. The van der Waals surface area contributed by atoms with Crippen LogP contribution in [-0.2, 0) is 0 Å². The van der Waals surface area contributed by atoms with Gasteiger partial charge >= 0.3 is 5.97 Å². The minimum atomic E-state index is -1.11. The van der Waals surface area contributed by atoms with E-state index in [1.165, 1.54) is 30.3 Å². The molecule has 6 nitrogen and oxygen atoms in total. The monoisotopic (exact) mass is 351 g/mol. The molecule has 0 heterocycles. The first kappa shape index (κ1) is 15.0. The zero-order valence-corrected chi connectivity index (χ0v) is 12.5. The van der Waals surface area contributed by atoms with Gasteiger partial charge in [-0.05, 0) is 37.3 Å². The lowest BCUT2D eigenvalue weighted by Crippen LogP contribution is -2.00. The second-order valence-corrected chi connectivity index (χ2v) is 5.17. The molecule has 0 amide bonds. The van der Waals surface area contributed by atoms with E-state index >= 15 is 0 Å². The van der Waals surface area contributed by atoms with Crippen molar-refractivity contribution >= 4 is 27.6 Å². The molecule has 0 radical (unpaired) electrons. The van der Waals surface area contributed by atoms with Gasteiger partial charge < -0.3 is 9.84 Å². The third-order valence-corrected chi connectivity index (χ3v) is 3.26. The fourth-order valence-corrected chi connectivity index (χ4v) is 2.12. The van der Waals surface area contributed by atoms with Crippen LogP contribution in [0.15, 0.2) is 40.9 Å². The molecule has 0 aliphatic rings. The summed E-state index contributed by atoms with van der Waals surface area (Å²) in [7, 11) is 0. The average Bonchev–Trinajstić information content (AvgIpc) is 2.37. The van der Waals surface area contributed by atoms with Gasteiger partial charge in [-0.1, -0.05) is 15.9 Å². The third kappa shape index (κ3) is 3.38. The number of benzene rings is 2. The molecule has 0 saturated carbocycles. The van der Waals surface area contributed by atoms with E-state index < -0.39 is 10.9 Å². The van der Waals surface area contributed by atoms with Crippen LogP contribution in [0.5, 0.6) is 11.5 Å². The van der Waals surface area contributed by atoms with E-state index in [4.69, 9.17) is 9.84 Å². The SMILES string of the molecule is Cc1cc(Oc2cc(Br)ccc2C(=O)O)ccc1[N+](=O)[O-]. The molecule has 0 spiro atoms. The summed E-state index contributed by atoms with van der Waals surface area (Å²) in [5.74, 6) is -0.625. The van der Waals surface area contributed by atoms with Crippen molar-refractivity contribution in [3.8, 4) is 11.5 Å². The van der Waals surface area contributed by atoms with E-state index in [1.807, 2.05) is 0 Å². The Morgan fingerprint density at radius 3 is 2.57 bits per heavy atom. The highest BCUT2D eigenvalue weighted by molar-refractivity contribution is 9.10. The van der Waals surface area contributed by atoms with Gasteiger partial charge in [0.25, 0.3) is 5.69 Å². The molecule has 0 bridgehead atoms. The number of hydrogen-bond donors (Lipinski definition) is 1. The zero-order valence-electron chi connectivity index (χ0n) is 10.9. The average molecular weight is 352 g/mol. The van der Waals surface area contributed by atoms with Crippen LogP contribution in [-0.4, -0.2) is 16.0 Å². The van der Waals surface area contributed by atoms with Gasteiger partial charge in [0.1, 0.15) is 17.1 Å². The maximum atomic E-state index is 11.1. The number of rotatable bonds is 4. The summed E-state index contributed by atoms with van der Waals surface area (Å²) in [6, 6.07) is 8.78. The predicted molar refractivity (Wildman–Crippen MR) is 79.0 cm³/mol. The van der Waals surface area contributed by atoms with Crippen molar-refractivity contribution in [1.82, 2.24) is 0 Å². The summed E-state index contributed by atoms with van der Waals surface area (Å²) in [6.45, 7) is 1.59. The molecule has 0 unspecified atom stereocenters. The molecule has 108 valence electrons. The summed E-state index contributed by atoms with van der Waals surface area (Å²) in [6.07, 6.45) is 0. The molecule has 1 N–H and O–H groups in total. The minimum Gasteiger partial charge on any atom is -0.478 e. The van der Waals surface area contributed by atoms with Crippen LogP contribution in [0, 0.1) is 17.0 Å². The number of aryl methyl sites for hydroxylation is 1. The molecule has 0 atom stereocenters. The Morgan fingerprint density at radius 2 is 2.00 bits per heavy atom. The molecule has 0 aromatic heterocycles. The molecule has 0 aliphatic heterocycles. The fraction of sp³-hybridized carbons (Fsp3) is 0.0714. The van der Waals surface area contributed by atoms with Crippen molar-refractivity contribution in [3.05, 3.63) is 62.1 Å². The first-order valence-electron chi connectivity index (χ1n) is 5.84. The standard InChI is InChI=1S/C14H10BrNO5/c1-8-6-10(3-5-12(8)16(19)20)21-13-7-9(15)2-4-11(13)14(17)18/h2-7H,1H3,(H,17,18). The highest BCUT2D eigenvalue weighted by Crippen LogP contribution is 2.31. The smallest absolute Gasteiger partial charge is 0.339 e. The van der Waals surface area contributed by atoms with Gasteiger partial charge in [0.15, 0.2) is 0 Å². The van der Waals surface area contributed by atoms with Gasteiger partial charge in [-0.2, -0.15) is 0 Å². The highest BCUT2D eigenvalue weighted by Gasteiger charge is 2.15. The number of aromatic carboxylic acids is 1. The van der Waals surface area contributed by atoms with E-state index in [2.05, 4.69) is 15.9 Å². The number of hydrogen-bond acceptors (Lipinski definition) is 4. The number of nitrogens with zero attached hydrogens (tertiary/aromatic N) is 1. The summed E-state index contributed by atoms with van der Waals surface area (Å²) in [4.78, 5) is 21.4. The van der Waals surface area contributed by atoms with Crippen LogP contribution >= 0.6 is 15.9 Å². The first-order valence-corrected chi connectivity index (χ1v) is 6.63. The number of halogens is 1. The van der Waals surface area contributed by atoms with E-state index in [0.29, 0.717) is 15.8 Å². The number of nitro benzene ring substituents is 1. The third-order valence-electron chi connectivity index (χ3n) is 2.77. The largest absolute Gasteiger partial charge is 0.478 e. The topological polar surface area (TPSA) is 89.7 Å². The predicted octanol–water partition coefficient (Wildman–Crippen LogP) is 4.16. The van der Waals surface area contributed by atoms with E-state index in [1.54, 1.807) is 13.0 Å². The van der Waals surface area contributed by atoms with Crippen LogP contribution in [0.1, 0.15) is 15.9 Å². The number of carboxylic acids is 1. The molecular weight excluding hydrogens is 342 g/mol. The number of ether oxygens (including phenoxy) is 1. The van der Waals surface area contributed by atoms with Crippen LogP contribution in [0.3, 0.4) is 0 Å². The Labute approximate surface area is 128 Å². The van der Waals surface area contributed by atoms with Crippen LogP contribution < -0.4 is 4.74 Å². The van der Waals surface area contributed by atoms with Gasteiger partial charge in [-0.3, -0.25) is 10.1 Å². The molecule has 0 fully saturated rings. The number of carbonyl (C=O) groups is 1. The van der Waals surface area contributed by atoms with Crippen molar-refractivity contribution in [1.29, 1.82) is 0 Å². The number of carboxylic acid groups (broad SMARTS) is 1. The van der Waals surface area contributed by atoms with E-state index in [-0.39, 0.29) is 17.0 Å². The van der Waals surface area contributed by atoms with Gasteiger partial charge in [0.05, 0.1) is 4.92 Å². The van der Waals surface area contributed by atoms with Crippen molar-refractivity contribution in [2.24, 2.45) is 0 Å². The van der Waals surface area contributed by atoms with E-state index in [9.17, 15) is 14.9 Å². The normalized spacial score (nSPS) is 10.2. The van der Waals surface area contributed by atoms with Crippen LogP contribution in [0.4, 0.5) is 5.69 Å². The second kappa shape index (κ2) is 5.92. The maximum Gasteiger partial charge on any atom is 0.339 e. The molecule has 7 heteroatoms. The fourth-order valence-electron chi connectivity index (χ4n) is 1.78. The van der Waals surface area contributed by atoms with Gasteiger partial charge in [0, 0.05) is 16.1 Å². The van der Waals surface area contributed by atoms with Crippen LogP contribution in [0.25, 0.3) is 0 Å². The molecule has 0 aliphatic carbocycles. The molecule has 21 heavy (non-hydrogen) atoms. The molecule has 0 saturated heterocycles. The Bertz CT molecular complexity index is 729. The Balaban J connectivity index is 2.38. The summed E-state index contributed by atoms with van der Waals surface area (Å²) in [5.41, 5.74) is 0.425. The Hall–Kier alpha value is -2.41. The van der Waals surface area contributed by atoms with Gasteiger partial charge in [0.2, 0.25) is 0 Å². The molecule has 2 rings (SSSR count). The zero-order chi connectivity index (χ0) is 15.6. The second-order valence-electron chi connectivity index (χ2n) is 4.25. The quantitative estimate of drug-likeness (QED) is 0.659. The summed E-state index contributed by atoms with van der Waals surface area (Å²) < 4.78 is 6.20. The van der Waals surface area contributed by atoms with Crippen LogP contribution in [0.2, 0.25) is 0 Å². The molecule has 2 aromatic rings. The lowest BCUT2D eigenvalue weighted by Gasteiger charge is -2.10. The Kier molecular flexibility index (Phi) is 4.23. The summed E-state index contributed by atoms with van der Waals surface area (Å²) >= 11 is 3.24. The highest BCUT2D eigenvalue weighted by atomic mass is 79.9. The molecule has 2 aromatic carbocycles. The first-order chi connectivity index (χ1) is 9.88. The number of nitro groups is 1. The molecular formula is C14H10BrNO5. The van der Waals surface area contributed by atoms with E-state index in [0.717, 1.165) is 0 Å². The minimum absolute atomic E-state index is 0.00852. The lowest BCUT2D eigenvalue weighted by atomic mass is 10.2. The van der Waals surface area contributed by atoms with Crippen molar-refractivity contribution in [2.75, 3.05) is 0 Å².